The zero-order valence-electron chi connectivity index (χ0n) is 11.1. The maximum atomic E-state index is 12.4. The SMILES string of the molecule is O=C(O)[C@H]1CN(C(=O)[C@H]2Cc3cc(Cl)ccc3O2)CCO1. The molecule has 2 aliphatic rings. The van der Waals surface area contributed by atoms with Crippen LogP contribution in [-0.4, -0.2) is 53.8 Å². The van der Waals surface area contributed by atoms with E-state index >= 15 is 0 Å². The third kappa shape index (κ3) is 2.82. The molecule has 1 fully saturated rings. The Morgan fingerprint density at radius 2 is 2.14 bits per heavy atom. The number of hydrogen-bond acceptors (Lipinski definition) is 4. The minimum absolute atomic E-state index is 0.0468. The minimum atomic E-state index is -1.06. The second kappa shape index (κ2) is 5.54. The van der Waals surface area contributed by atoms with Gasteiger partial charge in [-0.3, -0.25) is 4.79 Å². The molecule has 6 nitrogen and oxygen atoms in total. The van der Waals surface area contributed by atoms with Gasteiger partial charge in [0.25, 0.3) is 5.91 Å². The van der Waals surface area contributed by atoms with Crippen molar-refractivity contribution < 1.29 is 24.2 Å². The van der Waals surface area contributed by atoms with E-state index in [0.717, 1.165) is 5.56 Å². The highest BCUT2D eigenvalue weighted by atomic mass is 35.5. The number of hydrogen-bond donors (Lipinski definition) is 1. The van der Waals surface area contributed by atoms with Gasteiger partial charge in [0.15, 0.2) is 12.2 Å². The van der Waals surface area contributed by atoms with Gasteiger partial charge in [0, 0.05) is 18.0 Å². The van der Waals surface area contributed by atoms with Crippen LogP contribution in [-0.2, 0) is 20.7 Å². The zero-order valence-corrected chi connectivity index (χ0v) is 11.9. The normalized spacial score (nSPS) is 24.3. The van der Waals surface area contributed by atoms with Gasteiger partial charge in [-0.1, -0.05) is 11.6 Å². The van der Waals surface area contributed by atoms with Gasteiger partial charge < -0.3 is 19.5 Å². The molecule has 21 heavy (non-hydrogen) atoms. The number of benzene rings is 1. The molecule has 2 aliphatic heterocycles. The highest BCUT2D eigenvalue weighted by Crippen LogP contribution is 2.31. The number of carboxylic acids is 1. The number of fused-ring (bicyclic) bond motifs is 1. The van der Waals surface area contributed by atoms with Crippen LogP contribution in [0.1, 0.15) is 5.56 Å². The second-order valence-electron chi connectivity index (χ2n) is 5.04. The van der Waals surface area contributed by atoms with E-state index in [0.29, 0.717) is 23.7 Å². The van der Waals surface area contributed by atoms with Crippen molar-refractivity contribution in [2.75, 3.05) is 19.7 Å². The van der Waals surface area contributed by atoms with E-state index in [2.05, 4.69) is 0 Å². The predicted molar refractivity (Wildman–Crippen MR) is 73.5 cm³/mol. The maximum Gasteiger partial charge on any atom is 0.334 e. The Balaban J connectivity index is 1.68. The number of ether oxygens (including phenoxy) is 2. The van der Waals surface area contributed by atoms with Crippen molar-refractivity contribution in [2.45, 2.75) is 18.6 Å². The van der Waals surface area contributed by atoms with E-state index in [9.17, 15) is 9.59 Å². The van der Waals surface area contributed by atoms with Gasteiger partial charge in [-0.25, -0.2) is 4.79 Å². The van der Waals surface area contributed by atoms with Crippen LogP contribution < -0.4 is 4.74 Å². The summed E-state index contributed by atoms with van der Waals surface area (Å²) in [6, 6.07) is 5.23. The minimum Gasteiger partial charge on any atom is -0.480 e. The summed E-state index contributed by atoms with van der Waals surface area (Å²) >= 11 is 5.92. The lowest BCUT2D eigenvalue weighted by molar-refractivity contribution is -0.161. The summed E-state index contributed by atoms with van der Waals surface area (Å²) in [5.41, 5.74) is 0.892. The first-order valence-electron chi connectivity index (χ1n) is 6.63. The summed E-state index contributed by atoms with van der Waals surface area (Å²) in [4.78, 5) is 24.9. The monoisotopic (exact) mass is 311 g/mol. The third-order valence-electron chi connectivity index (χ3n) is 3.63. The first-order chi connectivity index (χ1) is 10.0. The van der Waals surface area contributed by atoms with Gasteiger partial charge in [-0.2, -0.15) is 0 Å². The molecule has 1 N–H and O–H groups in total. The molecule has 0 radical (unpaired) electrons. The number of aliphatic carboxylic acids is 1. The van der Waals surface area contributed by atoms with E-state index in [1.807, 2.05) is 0 Å². The fraction of sp³-hybridized carbons (Fsp3) is 0.429. The average Bonchev–Trinajstić information content (AvgIpc) is 2.89. The van der Waals surface area contributed by atoms with Crippen molar-refractivity contribution in [1.82, 2.24) is 4.90 Å². The molecule has 0 bridgehead atoms. The van der Waals surface area contributed by atoms with E-state index in [-0.39, 0.29) is 19.1 Å². The molecule has 7 heteroatoms. The fourth-order valence-electron chi connectivity index (χ4n) is 2.56. The van der Waals surface area contributed by atoms with Crippen LogP contribution in [0.3, 0.4) is 0 Å². The van der Waals surface area contributed by atoms with Gasteiger partial charge in [-0.05, 0) is 23.8 Å². The lowest BCUT2D eigenvalue weighted by Crippen LogP contribution is -2.52. The molecular formula is C14H14ClNO5. The quantitative estimate of drug-likeness (QED) is 0.880. The molecular weight excluding hydrogens is 298 g/mol. The lowest BCUT2D eigenvalue weighted by atomic mass is 10.1. The summed E-state index contributed by atoms with van der Waals surface area (Å²) in [7, 11) is 0. The Morgan fingerprint density at radius 3 is 2.90 bits per heavy atom. The Morgan fingerprint density at radius 1 is 1.33 bits per heavy atom. The third-order valence-corrected chi connectivity index (χ3v) is 3.86. The number of carboxylic acid groups (broad SMARTS) is 1. The number of nitrogens with zero attached hydrogens (tertiary/aromatic N) is 1. The summed E-state index contributed by atoms with van der Waals surface area (Å²) in [5.74, 6) is -0.618. The Bertz CT molecular complexity index is 591. The molecule has 0 saturated carbocycles. The standard InChI is InChI=1S/C14H14ClNO5/c15-9-1-2-10-8(5-9)6-11(21-10)13(17)16-3-4-20-12(7-16)14(18)19/h1-2,5,11-12H,3-4,6-7H2,(H,18,19)/t11-,12-/m1/s1. The lowest BCUT2D eigenvalue weighted by Gasteiger charge is -2.32. The van der Waals surface area contributed by atoms with Crippen molar-refractivity contribution in [1.29, 1.82) is 0 Å². The average molecular weight is 312 g/mol. The van der Waals surface area contributed by atoms with Crippen molar-refractivity contribution >= 4 is 23.5 Å². The number of morpholine rings is 1. The van der Waals surface area contributed by atoms with E-state index in [4.69, 9.17) is 26.2 Å². The van der Waals surface area contributed by atoms with Crippen LogP contribution >= 0.6 is 11.6 Å². The Hall–Kier alpha value is -1.79. The number of amides is 1. The van der Waals surface area contributed by atoms with Crippen LogP contribution in [0.25, 0.3) is 0 Å². The second-order valence-corrected chi connectivity index (χ2v) is 5.48. The van der Waals surface area contributed by atoms with E-state index < -0.39 is 18.2 Å². The van der Waals surface area contributed by atoms with Crippen molar-refractivity contribution in [2.24, 2.45) is 0 Å². The first-order valence-corrected chi connectivity index (χ1v) is 7.00. The maximum absolute atomic E-state index is 12.4. The van der Waals surface area contributed by atoms with Gasteiger partial charge in [-0.15, -0.1) is 0 Å². The van der Waals surface area contributed by atoms with Crippen LogP contribution in [0, 0.1) is 0 Å². The van der Waals surface area contributed by atoms with Crippen LogP contribution in [0.15, 0.2) is 18.2 Å². The zero-order chi connectivity index (χ0) is 15.0. The molecule has 1 saturated heterocycles. The highest BCUT2D eigenvalue weighted by Gasteiger charge is 2.36. The van der Waals surface area contributed by atoms with Crippen LogP contribution in [0.2, 0.25) is 5.02 Å². The van der Waals surface area contributed by atoms with Crippen molar-refractivity contribution in [3.63, 3.8) is 0 Å². The number of halogens is 1. The molecule has 3 rings (SSSR count). The number of carbonyl (C=O) groups excluding carboxylic acids is 1. The topological polar surface area (TPSA) is 76.1 Å². The number of rotatable bonds is 2. The van der Waals surface area contributed by atoms with E-state index in [1.165, 1.54) is 4.90 Å². The summed E-state index contributed by atoms with van der Waals surface area (Å²) in [6.45, 7) is 0.638. The molecule has 2 heterocycles. The van der Waals surface area contributed by atoms with Gasteiger partial charge >= 0.3 is 5.97 Å². The molecule has 112 valence electrons. The molecule has 0 spiro atoms. The summed E-state index contributed by atoms with van der Waals surface area (Å²) in [6.07, 6.45) is -1.14. The van der Waals surface area contributed by atoms with Crippen LogP contribution in [0.4, 0.5) is 0 Å². The molecule has 0 aliphatic carbocycles. The highest BCUT2D eigenvalue weighted by molar-refractivity contribution is 6.30. The van der Waals surface area contributed by atoms with Gasteiger partial charge in [0.1, 0.15) is 5.75 Å². The Kier molecular flexibility index (Phi) is 3.73. The Labute approximate surface area is 126 Å². The molecule has 1 amide bonds. The summed E-state index contributed by atoms with van der Waals surface area (Å²) < 4.78 is 10.7. The number of carbonyl (C=O) groups is 2. The summed E-state index contributed by atoms with van der Waals surface area (Å²) in [5, 5.41) is 9.57. The molecule has 1 aromatic rings. The smallest absolute Gasteiger partial charge is 0.334 e. The van der Waals surface area contributed by atoms with Crippen molar-refractivity contribution in [3.05, 3.63) is 28.8 Å². The van der Waals surface area contributed by atoms with Gasteiger partial charge in [0.2, 0.25) is 0 Å². The molecule has 2 atom stereocenters. The van der Waals surface area contributed by atoms with Crippen molar-refractivity contribution in [3.8, 4) is 5.75 Å². The largest absolute Gasteiger partial charge is 0.480 e. The first kappa shape index (κ1) is 14.2. The molecule has 0 unspecified atom stereocenters. The van der Waals surface area contributed by atoms with E-state index in [1.54, 1.807) is 18.2 Å². The van der Waals surface area contributed by atoms with Crippen LogP contribution in [0.5, 0.6) is 5.75 Å². The predicted octanol–water partition coefficient (Wildman–Crippen LogP) is 0.955. The molecule has 1 aromatic carbocycles. The van der Waals surface area contributed by atoms with Gasteiger partial charge in [0.05, 0.1) is 13.2 Å². The fourth-order valence-corrected chi connectivity index (χ4v) is 2.75. The molecule has 0 aromatic heterocycles.